The van der Waals surface area contributed by atoms with Crippen molar-refractivity contribution >= 4 is 17.3 Å². The van der Waals surface area contributed by atoms with Gasteiger partial charge >= 0.3 is 0 Å². The lowest BCUT2D eigenvalue weighted by molar-refractivity contribution is 0.145. The predicted octanol–water partition coefficient (Wildman–Crippen LogP) is 1.67. The Morgan fingerprint density at radius 3 is 2.54 bits per heavy atom. The minimum Gasteiger partial charge on any atom is -0.372 e. The van der Waals surface area contributed by atoms with Crippen LogP contribution in [0, 0.1) is 0 Å². The van der Waals surface area contributed by atoms with Crippen molar-refractivity contribution < 1.29 is 4.84 Å². The average molecular weight is 201 g/mol. The van der Waals surface area contributed by atoms with Gasteiger partial charge in [0.05, 0.1) is 6.61 Å². The molecule has 4 heteroatoms. The number of nitrogens with two attached hydrogens (primary N) is 1. The number of rotatable bonds is 4. The Balaban J connectivity index is 2.55. The van der Waals surface area contributed by atoms with Crippen LogP contribution in [0.3, 0.4) is 0 Å². The van der Waals surface area contributed by atoms with Crippen molar-refractivity contribution in [3.05, 3.63) is 29.3 Å². The second-order valence-corrected chi connectivity index (χ2v) is 3.21. The van der Waals surface area contributed by atoms with Crippen LogP contribution >= 0.6 is 11.6 Å². The van der Waals surface area contributed by atoms with E-state index in [0.717, 1.165) is 17.3 Å². The van der Waals surface area contributed by atoms with Gasteiger partial charge in [0.2, 0.25) is 0 Å². The first-order valence-electron chi connectivity index (χ1n) is 4.02. The number of hydrogen-bond donors (Lipinski definition) is 1. The van der Waals surface area contributed by atoms with Crippen molar-refractivity contribution in [2.24, 2.45) is 5.90 Å². The summed E-state index contributed by atoms with van der Waals surface area (Å²) in [4.78, 5) is 6.53. The Morgan fingerprint density at radius 2 is 2.00 bits per heavy atom. The Morgan fingerprint density at radius 1 is 1.38 bits per heavy atom. The fourth-order valence-electron chi connectivity index (χ4n) is 1.01. The van der Waals surface area contributed by atoms with Crippen molar-refractivity contribution in [1.29, 1.82) is 0 Å². The molecule has 0 bridgehead atoms. The highest BCUT2D eigenvalue weighted by molar-refractivity contribution is 6.30. The molecule has 3 nitrogen and oxygen atoms in total. The minimum absolute atomic E-state index is 0.513. The van der Waals surface area contributed by atoms with Crippen LogP contribution in [0.4, 0.5) is 5.69 Å². The molecule has 0 aliphatic carbocycles. The van der Waals surface area contributed by atoms with Crippen molar-refractivity contribution in [2.45, 2.75) is 0 Å². The average Bonchev–Trinajstić information content (AvgIpc) is 2.15. The first-order valence-corrected chi connectivity index (χ1v) is 4.40. The van der Waals surface area contributed by atoms with Gasteiger partial charge in [-0.05, 0) is 24.3 Å². The Bertz CT molecular complexity index is 250. The number of nitrogens with zero attached hydrogens (tertiary/aromatic N) is 1. The predicted molar refractivity (Wildman–Crippen MR) is 54.9 cm³/mol. The fraction of sp³-hybridized carbons (Fsp3) is 0.333. The zero-order valence-electron chi connectivity index (χ0n) is 7.53. The lowest BCUT2D eigenvalue weighted by Crippen LogP contribution is -2.23. The summed E-state index contributed by atoms with van der Waals surface area (Å²) in [6.45, 7) is 1.28. The number of likely N-dealkylation sites (N-methyl/N-ethyl adjacent to an activating group) is 1. The van der Waals surface area contributed by atoms with E-state index in [1.54, 1.807) is 0 Å². The molecule has 0 unspecified atom stereocenters. The smallest absolute Gasteiger partial charge is 0.0854 e. The van der Waals surface area contributed by atoms with E-state index < -0.39 is 0 Å². The Kier molecular flexibility index (Phi) is 4.02. The highest BCUT2D eigenvalue weighted by Crippen LogP contribution is 2.16. The summed E-state index contributed by atoms with van der Waals surface area (Å²) in [6, 6.07) is 7.63. The van der Waals surface area contributed by atoms with Gasteiger partial charge in [0.1, 0.15) is 0 Å². The molecule has 0 radical (unpaired) electrons. The number of hydrogen-bond acceptors (Lipinski definition) is 3. The van der Waals surface area contributed by atoms with E-state index in [1.165, 1.54) is 0 Å². The fourth-order valence-corrected chi connectivity index (χ4v) is 1.14. The first-order chi connectivity index (χ1) is 6.24. The summed E-state index contributed by atoms with van der Waals surface area (Å²) in [7, 11) is 1.97. The SMILES string of the molecule is CN(CCON)c1ccc(Cl)cc1. The molecule has 1 rings (SSSR count). The van der Waals surface area contributed by atoms with Gasteiger partial charge in [-0.15, -0.1) is 0 Å². The van der Waals surface area contributed by atoms with Gasteiger partial charge in [-0.1, -0.05) is 11.6 Å². The molecule has 0 saturated carbocycles. The van der Waals surface area contributed by atoms with Crippen LogP contribution in [-0.2, 0) is 4.84 Å². The molecule has 0 spiro atoms. The molecule has 0 aliphatic rings. The van der Waals surface area contributed by atoms with Gasteiger partial charge in [0.15, 0.2) is 0 Å². The van der Waals surface area contributed by atoms with Gasteiger partial charge in [-0.25, -0.2) is 5.90 Å². The van der Waals surface area contributed by atoms with Crippen LogP contribution in [0.5, 0.6) is 0 Å². The topological polar surface area (TPSA) is 38.5 Å². The van der Waals surface area contributed by atoms with Crippen LogP contribution in [-0.4, -0.2) is 20.2 Å². The standard InChI is InChI=1S/C9H13ClN2O/c1-12(6-7-13-11)9-4-2-8(10)3-5-9/h2-5H,6-7,11H2,1H3. The zero-order valence-corrected chi connectivity index (χ0v) is 8.29. The molecule has 2 N–H and O–H groups in total. The van der Waals surface area contributed by atoms with Crippen LogP contribution in [0.1, 0.15) is 0 Å². The molecule has 72 valence electrons. The Labute approximate surface area is 83.0 Å². The van der Waals surface area contributed by atoms with E-state index in [2.05, 4.69) is 4.84 Å². The first kappa shape index (κ1) is 10.3. The lowest BCUT2D eigenvalue weighted by Gasteiger charge is -2.18. The van der Waals surface area contributed by atoms with Gasteiger partial charge in [0.25, 0.3) is 0 Å². The molecule has 13 heavy (non-hydrogen) atoms. The molecule has 0 saturated heterocycles. The molecule has 0 amide bonds. The van der Waals surface area contributed by atoms with Crippen LogP contribution in [0.2, 0.25) is 5.02 Å². The molecule has 0 aromatic heterocycles. The number of anilines is 1. The highest BCUT2D eigenvalue weighted by atomic mass is 35.5. The van der Waals surface area contributed by atoms with Crippen molar-refractivity contribution in [2.75, 3.05) is 25.1 Å². The van der Waals surface area contributed by atoms with Crippen molar-refractivity contribution in [3.8, 4) is 0 Å². The Hall–Kier alpha value is -0.770. The summed E-state index contributed by atoms with van der Waals surface area (Å²) in [5.41, 5.74) is 1.10. The summed E-state index contributed by atoms with van der Waals surface area (Å²) < 4.78 is 0. The van der Waals surface area contributed by atoms with Gasteiger partial charge in [0, 0.05) is 24.3 Å². The summed E-state index contributed by atoms with van der Waals surface area (Å²) >= 11 is 5.76. The second kappa shape index (κ2) is 5.07. The van der Waals surface area contributed by atoms with E-state index in [4.69, 9.17) is 17.5 Å². The van der Waals surface area contributed by atoms with Crippen LogP contribution < -0.4 is 10.8 Å². The van der Waals surface area contributed by atoms with Gasteiger partial charge < -0.3 is 9.74 Å². The molecule has 1 aromatic rings. The minimum atomic E-state index is 0.513. The van der Waals surface area contributed by atoms with E-state index in [1.807, 2.05) is 36.2 Å². The molecule has 1 aromatic carbocycles. The van der Waals surface area contributed by atoms with Crippen LogP contribution in [0.25, 0.3) is 0 Å². The maximum Gasteiger partial charge on any atom is 0.0854 e. The lowest BCUT2D eigenvalue weighted by atomic mass is 10.3. The largest absolute Gasteiger partial charge is 0.372 e. The highest BCUT2D eigenvalue weighted by Gasteiger charge is 1.99. The third kappa shape index (κ3) is 3.22. The number of halogens is 1. The van der Waals surface area contributed by atoms with E-state index in [-0.39, 0.29) is 0 Å². The van der Waals surface area contributed by atoms with E-state index in [0.29, 0.717) is 6.61 Å². The summed E-state index contributed by atoms with van der Waals surface area (Å²) in [5, 5.41) is 0.743. The molecular weight excluding hydrogens is 188 g/mol. The molecule has 0 aliphatic heterocycles. The van der Waals surface area contributed by atoms with Crippen LogP contribution in [0.15, 0.2) is 24.3 Å². The van der Waals surface area contributed by atoms with E-state index >= 15 is 0 Å². The molecule has 0 fully saturated rings. The van der Waals surface area contributed by atoms with E-state index in [9.17, 15) is 0 Å². The normalized spacial score (nSPS) is 10.1. The summed E-state index contributed by atoms with van der Waals surface area (Å²) in [6.07, 6.45) is 0. The van der Waals surface area contributed by atoms with Crippen molar-refractivity contribution in [3.63, 3.8) is 0 Å². The maximum absolute atomic E-state index is 5.76. The maximum atomic E-state index is 5.76. The molecule has 0 heterocycles. The van der Waals surface area contributed by atoms with Gasteiger partial charge in [-0.3, -0.25) is 0 Å². The third-order valence-electron chi connectivity index (χ3n) is 1.81. The summed E-state index contributed by atoms with van der Waals surface area (Å²) in [5.74, 6) is 4.93. The third-order valence-corrected chi connectivity index (χ3v) is 2.06. The molecule has 0 atom stereocenters. The van der Waals surface area contributed by atoms with Crippen molar-refractivity contribution in [1.82, 2.24) is 0 Å². The van der Waals surface area contributed by atoms with Gasteiger partial charge in [-0.2, -0.15) is 0 Å². The monoisotopic (exact) mass is 200 g/mol. The molecular formula is C9H13ClN2O. The second-order valence-electron chi connectivity index (χ2n) is 2.77. The number of benzene rings is 1. The zero-order chi connectivity index (χ0) is 9.68. The quantitative estimate of drug-likeness (QED) is 0.752.